The van der Waals surface area contributed by atoms with E-state index in [4.69, 9.17) is 10.5 Å². The van der Waals surface area contributed by atoms with E-state index in [2.05, 4.69) is 0 Å². The van der Waals surface area contributed by atoms with Gasteiger partial charge in [-0.25, -0.2) is 4.39 Å². The maximum atomic E-state index is 13.6. The third-order valence-corrected chi connectivity index (χ3v) is 3.81. The Bertz CT molecular complexity index is 410. The van der Waals surface area contributed by atoms with Crippen LogP contribution in [-0.4, -0.2) is 18.3 Å². The molecule has 108 valence electrons. The minimum absolute atomic E-state index is 0. The molecule has 1 aliphatic carbocycles. The Morgan fingerprint density at radius 3 is 2.58 bits per heavy atom. The lowest BCUT2D eigenvalue weighted by atomic mass is 9.90. The lowest BCUT2D eigenvalue weighted by molar-refractivity contribution is 0.0834. The van der Waals surface area contributed by atoms with Crippen molar-refractivity contribution in [2.24, 2.45) is 11.7 Å². The van der Waals surface area contributed by atoms with Crippen LogP contribution in [0.15, 0.2) is 18.2 Å². The third-order valence-electron chi connectivity index (χ3n) is 3.81. The molecule has 1 aromatic carbocycles. The Morgan fingerprint density at radius 1 is 1.37 bits per heavy atom. The van der Waals surface area contributed by atoms with Crippen LogP contribution in [0.4, 0.5) is 4.39 Å². The molecule has 0 radical (unpaired) electrons. The first kappa shape index (κ1) is 16.2. The zero-order chi connectivity index (χ0) is 13.1. The van der Waals surface area contributed by atoms with Crippen LogP contribution >= 0.6 is 12.4 Å². The van der Waals surface area contributed by atoms with E-state index in [1.807, 2.05) is 0 Å². The maximum absolute atomic E-state index is 13.6. The average Bonchev–Trinajstić information content (AvgIpc) is 2.90. The number of halogens is 2. The van der Waals surface area contributed by atoms with E-state index in [-0.39, 0.29) is 24.1 Å². The summed E-state index contributed by atoms with van der Waals surface area (Å²) in [7, 11) is 1.41. The topological polar surface area (TPSA) is 55.5 Å². The summed E-state index contributed by atoms with van der Waals surface area (Å²) in [5, 5.41) is 10.3. The molecule has 0 spiro atoms. The Kier molecular flexibility index (Phi) is 6.04. The number of ether oxygens (including phenoxy) is 1. The minimum atomic E-state index is -0.636. The molecule has 2 atom stereocenters. The normalized spacial score (nSPS) is 18.7. The maximum Gasteiger partial charge on any atom is 0.165 e. The second kappa shape index (κ2) is 7.08. The molecular formula is C14H21ClFNO2. The van der Waals surface area contributed by atoms with Crippen LogP contribution in [0.3, 0.4) is 0 Å². The molecule has 3 nitrogen and oxygen atoms in total. The average molecular weight is 290 g/mol. The lowest BCUT2D eigenvalue weighted by Gasteiger charge is -2.25. The van der Waals surface area contributed by atoms with Gasteiger partial charge in [-0.3, -0.25) is 0 Å². The van der Waals surface area contributed by atoms with Crippen LogP contribution in [0.25, 0.3) is 0 Å². The lowest BCUT2D eigenvalue weighted by Crippen LogP contribution is -2.32. The smallest absolute Gasteiger partial charge is 0.165 e. The van der Waals surface area contributed by atoms with Crippen LogP contribution in [0.2, 0.25) is 0 Å². The fourth-order valence-electron chi connectivity index (χ4n) is 2.78. The third kappa shape index (κ3) is 3.38. The van der Waals surface area contributed by atoms with E-state index in [0.29, 0.717) is 5.56 Å². The van der Waals surface area contributed by atoms with Crippen molar-refractivity contribution in [3.05, 3.63) is 29.6 Å². The van der Waals surface area contributed by atoms with Gasteiger partial charge in [0.1, 0.15) is 0 Å². The number of rotatable bonds is 4. The first-order valence-electron chi connectivity index (χ1n) is 6.41. The van der Waals surface area contributed by atoms with Crippen molar-refractivity contribution in [1.82, 2.24) is 0 Å². The molecule has 0 aliphatic heterocycles. The van der Waals surface area contributed by atoms with Crippen molar-refractivity contribution in [2.75, 3.05) is 7.11 Å². The molecule has 1 fully saturated rings. The van der Waals surface area contributed by atoms with Crippen molar-refractivity contribution >= 4 is 12.4 Å². The van der Waals surface area contributed by atoms with Crippen molar-refractivity contribution < 1.29 is 14.2 Å². The summed E-state index contributed by atoms with van der Waals surface area (Å²) in [4.78, 5) is 0. The van der Waals surface area contributed by atoms with Crippen LogP contribution in [0, 0.1) is 11.7 Å². The summed E-state index contributed by atoms with van der Waals surface area (Å²) < 4.78 is 18.6. The van der Waals surface area contributed by atoms with Crippen molar-refractivity contribution in [3.8, 4) is 5.75 Å². The van der Waals surface area contributed by atoms with Gasteiger partial charge in [-0.1, -0.05) is 25.0 Å². The second-order valence-corrected chi connectivity index (χ2v) is 4.92. The van der Waals surface area contributed by atoms with Gasteiger partial charge in [0.05, 0.1) is 19.3 Å². The molecule has 0 unspecified atom stereocenters. The Labute approximate surface area is 119 Å². The molecule has 19 heavy (non-hydrogen) atoms. The first-order valence-corrected chi connectivity index (χ1v) is 6.41. The number of nitrogens with two attached hydrogens (primary N) is 1. The molecule has 0 saturated heterocycles. The molecule has 1 aliphatic rings. The quantitative estimate of drug-likeness (QED) is 0.896. The predicted octanol–water partition coefficient (Wildman–Crippen LogP) is 2.81. The number of hydrogen-bond acceptors (Lipinski definition) is 3. The minimum Gasteiger partial charge on any atom is -0.493 e. The SMILES string of the molecule is COc1c(F)cccc1[C@@H](N)[C@@H](O)C1CCCC1.Cl. The molecule has 5 heteroatoms. The number of hydrogen-bond donors (Lipinski definition) is 2. The van der Waals surface area contributed by atoms with E-state index in [9.17, 15) is 9.50 Å². The van der Waals surface area contributed by atoms with Crippen molar-refractivity contribution in [1.29, 1.82) is 0 Å². The largest absolute Gasteiger partial charge is 0.493 e. The number of para-hydroxylation sites is 1. The number of aliphatic hydroxyl groups is 1. The highest BCUT2D eigenvalue weighted by Gasteiger charge is 2.30. The standard InChI is InChI=1S/C14H20FNO2.ClH/c1-18-14-10(7-4-8-11(14)15)12(16)13(17)9-5-2-3-6-9;/h4,7-9,12-13,17H,2-3,5-6,16H2,1H3;1H/t12-,13+;/m1./s1. The Balaban J connectivity index is 0.00000180. The number of benzene rings is 1. The molecule has 1 saturated carbocycles. The summed E-state index contributed by atoms with van der Waals surface area (Å²) in [5.74, 6) is -0.0842. The Morgan fingerprint density at radius 2 is 2.00 bits per heavy atom. The molecule has 1 aromatic rings. The summed E-state index contributed by atoms with van der Waals surface area (Å²) in [6.07, 6.45) is 3.62. The van der Waals surface area contributed by atoms with Gasteiger partial charge in [-0.05, 0) is 24.8 Å². The molecule has 2 rings (SSSR count). The van der Waals surface area contributed by atoms with Gasteiger partial charge >= 0.3 is 0 Å². The van der Waals surface area contributed by atoms with Gasteiger partial charge in [0, 0.05) is 5.56 Å². The summed E-state index contributed by atoms with van der Waals surface area (Å²) in [5.41, 5.74) is 6.61. The van der Waals surface area contributed by atoms with Crippen LogP contribution in [0.5, 0.6) is 5.75 Å². The number of methoxy groups -OCH3 is 1. The van der Waals surface area contributed by atoms with Crippen LogP contribution in [-0.2, 0) is 0 Å². The van der Waals surface area contributed by atoms with Gasteiger partial charge in [0.25, 0.3) is 0 Å². The van der Waals surface area contributed by atoms with Crippen molar-refractivity contribution in [3.63, 3.8) is 0 Å². The zero-order valence-corrected chi connectivity index (χ0v) is 11.8. The highest BCUT2D eigenvalue weighted by Crippen LogP contribution is 2.35. The fourth-order valence-corrected chi connectivity index (χ4v) is 2.78. The molecule has 0 bridgehead atoms. The molecule has 0 amide bonds. The zero-order valence-electron chi connectivity index (χ0n) is 11.0. The van der Waals surface area contributed by atoms with Crippen LogP contribution in [0.1, 0.15) is 37.3 Å². The fraction of sp³-hybridized carbons (Fsp3) is 0.571. The first-order chi connectivity index (χ1) is 8.65. The summed E-state index contributed by atoms with van der Waals surface area (Å²) >= 11 is 0. The van der Waals surface area contributed by atoms with Gasteiger partial charge < -0.3 is 15.6 Å². The van der Waals surface area contributed by atoms with E-state index >= 15 is 0 Å². The summed E-state index contributed by atoms with van der Waals surface area (Å²) in [6, 6.07) is 4.04. The molecule has 0 heterocycles. The monoisotopic (exact) mass is 289 g/mol. The van der Waals surface area contributed by atoms with E-state index in [0.717, 1.165) is 25.7 Å². The molecule has 0 aromatic heterocycles. The predicted molar refractivity (Wildman–Crippen MR) is 75.1 cm³/mol. The molecule has 3 N–H and O–H groups in total. The number of aliphatic hydroxyl groups excluding tert-OH is 1. The van der Waals surface area contributed by atoms with Gasteiger partial charge in [-0.2, -0.15) is 0 Å². The van der Waals surface area contributed by atoms with E-state index < -0.39 is 18.0 Å². The van der Waals surface area contributed by atoms with E-state index in [1.165, 1.54) is 13.2 Å². The van der Waals surface area contributed by atoms with Crippen molar-refractivity contribution in [2.45, 2.75) is 37.8 Å². The van der Waals surface area contributed by atoms with Gasteiger partial charge in [-0.15, -0.1) is 12.4 Å². The van der Waals surface area contributed by atoms with Crippen LogP contribution < -0.4 is 10.5 Å². The summed E-state index contributed by atoms with van der Waals surface area (Å²) in [6.45, 7) is 0. The van der Waals surface area contributed by atoms with E-state index in [1.54, 1.807) is 12.1 Å². The van der Waals surface area contributed by atoms with Gasteiger partial charge in [0.2, 0.25) is 0 Å². The van der Waals surface area contributed by atoms with Gasteiger partial charge in [0.15, 0.2) is 11.6 Å². The highest BCUT2D eigenvalue weighted by atomic mass is 35.5. The highest BCUT2D eigenvalue weighted by molar-refractivity contribution is 5.85. The Hall–Kier alpha value is -0.840. The second-order valence-electron chi connectivity index (χ2n) is 4.92. The molecular weight excluding hydrogens is 269 g/mol.